The maximum atomic E-state index is 15.8. The Kier molecular flexibility index (Phi) is 5.52. The molecule has 0 aliphatic carbocycles. The third-order valence-electron chi connectivity index (χ3n) is 5.88. The van der Waals surface area contributed by atoms with Gasteiger partial charge in [0.15, 0.2) is 0 Å². The first kappa shape index (κ1) is 21.4. The summed E-state index contributed by atoms with van der Waals surface area (Å²) in [4.78, 5) is 45.9. The molecule has 0 saturated carbocycles. The third-order valence-corrected chi connectivity index (χ3v) is 6.99. The van der Waals surface area contributed by atoms with Crippen molar-refractivity contribution in [2.24, 2.45) is 7.05 Å². The van der Waals surface area contributed by atoms with Crippen LogP contribution in [0.4, 0.5) is 4.39 Å². The molecule has 0 unspecified atom stereocenters. The number of piperidine rings is 1. The molecule has 1 aliphatic rings. The zero-order chi connectivity index (χ0) is 22.3. The van der Waals surface area contributed by atoms with E-state index in [-0.39, 0.29) is 17.2 Å². The minimum atomic E-state index is -1.49. The van der Waals surface area contributed by atoms with Gasteiger partial charge >= 0.3 is 5.69 Å². The number of hydrogen-bond acceptors (Lipinski definition) is 6. The van der Waals surface area contributed by atoms with Gasteiger partial charge in [0, 0.05) is 49.9 Å². The van der Waals surface area contributed by atoms with Gasteiger partial charge in [-0.15, -0.1) is 11.3 Å². The van der Waals surface area contributed by atoms with Crippen molar-refractivity contribution in [3.05, 3.63) is 60.9 Å². The molecule has 2 N–H and O–H groups in total. The second-order valence-corrected chi connectivity index (χ2v) is 9.04. The van der Waals surface area contributed by atoms with Crippen molar-refractivity contribution in [3.8, 4) is 0 Å². The van der Waals surface area contributed by atoms with Crippen molar-refractivity contribution in [1.29, 1.82) is 0 Å². The maximum Gasteiger partial charge on any atom is 0.328 e. The number of aromatic nitrogens is 3. The van der Waals surface area contributed by atoms with E-state index in [0.717, 1.165) is 9.44 Å². The summed E-state index contributed by atoms with van der Waals surface area (Å²) >= 11 is 1.36. The van der Waals surface area contributed by atoms with Crippen LogP contribution in [0.5, 0.6) is 0 Å². The largest absolute Gasteiger partial charge is 0.354 e. The number of likely N-dealkylation sites (tertiary alicyclic amines) is 1. The van der Waals surface area contributed by atoms with Gasteiger partial charge in [-0.3, -0.25) is 19.1 Å². The normalized spacial score (nSPS) is 16.5. The molecule has 31 heavy (non-hydrogen) atoms. The van der Waals surface area contributed by atoms with Crippen molar-refractivity contribution in [2.75, 3.05) is 20.1 Å². The number of hydrogen-bond donors (Lipinski definition) is 2. The smallest absolute Gasteiger partial charge is 0.328 e. The Morgan fingerprint density at radius 2 is 2.03 bits per heavy atom. The summed E-state index contributed by atoms with van der Waals surface area (Å²) in [5.74, 6) is -0.295. The molecule has 0 aromatic carbocycles. The van der Waals surface area contributed by atoms with Gasteiger partial charge in [0.2, 0.25) is 0 Å². The van der Waals surface area contributed by atoms with Crippen LogP contribution in [0.1, 0.15) is 39.5 Å². The molecule has 1 amide bonds. The molecule has 0 atom stereocenters. The summed E-state index contributed by atoms with van der Waals surface area (Å²) in [6.45, 7) is 3.42. The molecule has 164 valence electrons. The minimum absolute atomic E-state index is 0.277. The molecule has 4 rings (SSSR count). The summed E-state index contributed by atoms with van der Waals surface area (Å²) in [6, 6.07) is 5.06. The van der Waals surface area contributed by atoms with Crippen LogP contribution in [0.3, 0.4) is 0 Å². The Hall–Kier alpha value is -2.85. The highest BCUT2D eigenvalue weighted by molar-refractivity contribution is 7.18. The monoisotopic (exact) mass is 445 g/mol. The van der Waals surface area contributed by atoms with E-state index in [9.17, 15) is 14.4 Å². The predicted molar refractivity (Wildman–Crippen MR) is 117 cm³/mol. The number of halogens is 1. The molecule has 1 aliphatic heterocycles. The number of fused-ring (bicyclic) bond motifs is 1. The van der Waals surface area contributed by atoms with Gasteiger partial charge in [-0.2, -0.15) is 0 Å². The topological polar surface area (TPSA) is 100 Å². The van der Waals surface area contributed by atoms with Crippen molar-refractivity contribution < 1.29 is 9.18 Å². The van der Waals surface area contributed by atoms with Gasteiger partial charge in [-0.1, -0.05) is 6.07 Å². The zero-order valence-corrected chi connectivity index (χ0v) is 18.4. The van der Waals surface area contributed by atoms with E-state index in [2.05, 4.69) is 20.2 Å². The highest BCUT2D eigenvalue weighted by atomic mass is 32.1. The number of amides is 1. The number of pyridine rings is 1. The van der Waals surface area contributed by atoms with Gasteiger partial charge < -0.3 is 10.3 Å². The second-order valence-electron chi connectivity index (χ2n) is 7.90. The van der Waals surface area contributed by atoms with Crippen LogP contribution in [0, 0.1) is 6.92 Å². The summed E-state index contributed by atoms with van der Waals surface area (Å²) in [7, 11) is 2.98. The zero-order valence-electron chi connectivity index (χ0n) is 17.6. The fraction of sp³-hybridized carbons (Fsp3) is 0.429. The molecule has 1 saturated heterocycles. The molecule has 10 heteroatoms. The lowest BCUT2D eigenvalue weighted by molar-refractivity contribution is 0.0521. The first-order valence-corrected chi connectivity index (χ1v) is 10.9. The standard InChI is InChI=1S/C21H24FN5O3S/c1-12-14(4-5-15(24-12)18(28)23-2)21(22)6-8-27(9-7-21)11-13-10-16-17(31-13)19(29)26(3)20(30)25-16/h4-5,10H,6-9,11H2,1-3H3,(H,23,28)(H,25,30). The fourth-order valence-corrected chi connectivity index (χ4v) is 5.19. The summed E-state index contributed by atoms with van der Waals surface area (Å²) < 4.78 is 17.3. The Morgan fingerprint density at radius 3 is 2.68 bits per heavy atom. The fourth-order valence-electron chi connectivity index (χ4n) is 4.06. The van der Waals surface area contributed by atoms with Crippen LogP contribution in [-0.2, 0) is 19.3 Å². The lowest BCUT2D eigenvalue weighted by Gasteiger charge is -2.37. The van der Waals surface area contributed by atoms with Gasteiger partial charge in [0.05, 0.1) is 5.52 Å². The quantitative estimate of drug-likeness (QED) is 0.638. The number of carbonyl (C=O) groups is 1. The number of aromatic amines is 1. The highest BCUT2D eigenvalue weighted by Gasteiger charge is 2.38. The minimum Gasteiger partial charge on any atom is -0.354 e. The van der Waals surface area contributed by atoms with Crippen LogP contribution >= 0.6 is 11.3 Å². The van der Waals surface area contributed by atoms with Crippen LogP contribution < -0.4 is 16.6 Å². The number of aryl methyl sites for hydroxylation is 1. The summed E-state index contributed by atoms with van der Waals surface area (Å²) in [5, 5.41) is 2.52. The van der Waals surface area contributed by atoms with Crippen molar-refractivity contribution in [3.63, 3.8) is 0 Å². The number of thiophene rings is 1. The van der Waals surface area contributed by atoms with Gasteiger partial charge in [0.25, 0.3) is 11.5 Å². The van der Waals surface area contributed by atoms with Gasteiger partial charge in [-0.05, 0) is 31.9 Å². The molecular weight excluding hydrogens is 421 g/mol. The van der Waals surface area contributed by atoms with E-state index >= 15 is 4.39 Å². The number of nitrogens with zero attached hydrogens (tertiary/aromatic N) is 3. The molecule has 3 aromatic heterocycles. The number of carbonyl (C=O) groups excluding carboxylic acids is 1. The molecule has 3 aromatic rings. The van der Waals surface area contributed by atoms with E-state index in [1.165, 1.54) is 25.4 Å². The van der Waals surface area contributed by atoms with E-state index in [4.69, 9.17) is 0 Å². The third kappa shape index (κ3) is 3.92. The Balaban J connectivity index is 1.48. The van der Waals surface area contributed by atoms with E-state index in [1.54, 1.807) is 19.1 Å². The molecule has 0 radical (unpaired) electrons. The first-order chi connectivity index (χ1) is 14.7. The lowest BCUT2D eigenvalue weighted by atomic mass is 9.85. The molecule has 0 spiro atoms. The number of H-pyrrole nitrogens is 1. The molecular formula is C21H24FN5O3S. The average Bonchev–Trinajstić information content (AvgIpc) is 3.15. The molecule has 1 fully saturated rings. The lowest BCUT2D eigenvalue weighted by Crippen LogP contribution is -2.40. The van der Waals surface area contributed by atoms with E-state index in [0.29, 0.717) is 53.9 Å². The molecule has 4 heterocycles. The van der Waals surface area contributed by atoms with Crippen LogP contribution in [0.15, 0.2) is 27.8 Å². The second kappa shape index (κ2) is 8.01. The maximum absolute atomic E-state index is 15.8. The van der Waals surface area contributed by atoms with Crippen LogP contribution in [0.25, 0.3) is 10.2 Å². The van der Waals surface area contributed by atoms with Crippen LogP contribution in [-0.4, -0.2) is 45.5 Å². The van der Waals surface area contributed by atoms with E-state index < -0.39 is 11.4 Å². The van der Waals surface area contributed by atoms with Crippen LogP contribution in [0.2, 0.25) is 0 Å². The summed E-state index contributed by atoms with van der Waals surface area (Å²) in [6.07, 6.45) is 0.636. The van der Waals surface area contributed by atoms with Gasteiger partial charge in [-0.25, -0.2) is 14.2 Å². The summed E-state index contributed by atoms with van der Waals surface area (Å²) in [5.41, 5.74) is -0.352. The first-order valence-electron chi connectivity index (χ1n) is 10.0. The van der Waals surface area contributed by atoms with E-state index in [1.807, 2.05) is 6.07 Å². The van der Waals surface area contributed by atoms with Crippen molar-refractivity contribution >= 4 is 27.5 Å². The highest BCUT2D eigenvalue weighted by Crippen LogP contribution is 2.39. The predicted octanol–water partition coefficient (Wildman–Crippen LogP) is 1.81. The Bertz CT molecular complexity index is 1270. The number of rotatable bonds is 4. The SMILES string of the molecule is CNC(=O)c1ccc(C2(F)CCN(Cc3cc4[nH]c(=O)n(C)c(=O)c4s3)CC2)c(C)n1. The number of alkyl halides is 1. The average molecular weight is 446 g/mol. The van der Waals surface area contributed by atoms with Gasteiger partial charge in [0.1, 0.15) is 16.1 Å². The Labute approximate surface area is 181 Å². The Morgan fingerprint density at radius 1 is 1.32 bits per heavy atom. The molecule has 0 bridgehead atoms. The molecule has 8 nitrogen and oxygen atoms in total. The van der Waals surface area contributed by atoms with Crippen molar-refractivity contribution in [1.82, 2.24) is 24.8 Å². The number of nitrogens with one attached hydrogen (secondary N) is 2. The van der Waals surface area contributed by atoms with Crippen molar-refractivity contribution in [2.45, 2.75) is 32.0 Å².